The lowest BCUT2D eigenvalue weighted by molar-refractivity contribution is -0.113. The zero-order valence-corrected chi connectivity index (χ0v) is 20.0. The maximum Gasteiger partial charge on any atom is 0.266 e. The number of aromatic nitrogens is 2. The second kappa shape index (κ2) is 10.2. The van der Waals surface area contributed by atoms with Crippen LogP contribution in [0.1, 0.15) is 31.7 Å². The number of thioether (sulfide) groups is 1. The molecule has 168 valence electrons. The summed E-state index contributed by atoms with van der Waals surface area (Å²) in [5.41, 5.74) is 3.04. The van der Waals surface area contributed by atoms with Crippen molar-refractivity contribution in [1.29, 1.82) is 0 Å². The topological polar surface area (TPSA) is 64.0 Å². The first kappa shape index (κ1) is 23.1. The third-order valence-electron chi connectivity index (χ3n) is 5.54. The zero-order valence-electron chi connectivity index (χ0n) is 18.4. The van der Waals surface area contributed by atoms with Crippen LogP contribution < -0.4 is 10.9 Å². The van der Waals surface area contributed by atoms with Crippen molar-refractivity contribution in [2.75, 3.05) is 11.1 Å². The fourth-order valence-corrected chi connectivity index (χ4v) is 4.42. The number of halogens is 1. The van der Waals surface area contributed by atoms with Gasteiger partial charge >= 0.3 is 0 Å². The van der Waals surface area contributed by atoms with Crippen molar-refractivity contribution in [3.8, 4) is 5.69 Å². The Morgan fingerprint density at radius 1 is 1.06 bits per heavy atom. The molecule has 3 aromatic carbocycles. The first-order valence-corrected chi connectivity index (χ1v) is 12.1. The quantitative estimate of drug-likeness (QED) is 0.251. The molecule has 0 radical (unpaired) electrons. The number of benzene rings is 3. The van der Waals surface area contributed by atoms with Gasteiger partial charge < -0.3 is 5.32 Å². The molecule has 1 aromatic heterocycles. The lowest BCUT2D eigenvalue weighted by Gasteiger charge is -2.13. The second-order valence-electron chi connectivity index (χ2n) is 7.80. The second-order valence-corrected chi connectivity index (χ2v) is 9.18. The van der Waals surface area contributed by atoms with Crippen LogP contribution in [-0.2, 0) is 4.79 Å². The van der Waals surface area contributed by atoms with Crippen LogP contribution in [0.3, 0.4) is 0 Å². The van der Waals surface area contributed by atoms with Crippen LogP contribution in [0, 0.1) is 0 Å². The minimum absolute atomic E-state index is 0.117. The van der Waals surface area contributed by atoms with Gasteiger partial charge in [-0.15, -0.1) is 0 Å². The predicted molar refractivity (Wildman–Crippen MR) is 137 cm³/mol. The summed E-state index contributed by atoms with van der Waals surface area (Å²) in [4.78, 5) is 30.6. The van der Waals surface area contributed by atoms with Gasteiger partial charge in [-0.3, -0.25) is 14.2 Å². The van der Waals surface area contributed by atoms with E-state index >= 15 is 0 Å². The number of anilines is 1. The summed E-state index contributed by atoms with van der Waals surface area (Å²) in [6, 6.07) is 22.1. The molecule has 4 aromatic rings. The molecule has 1 N–H and O–H groups in total. The first-order valence-electron chi connectivity index (χ1n) is 10.8. The number of hydrogen-bond acceptors (Lipinski definition) is 4. The first-order chi connectivity index (χ1) is 16.0. The monoisotopic (exact) mass is 477 g/mol. The highest BCUT2D eigenvalue weighted by Crippen LogP contribution is 2.24. The number of hydrogen-bond donors (Lipinski definition) is 1. The molecule has 0 fully saturated rings. The van der Waals surface area contributed by atoms with Crippen LogP contribution in [0.2, 0.25) is 5.02 Å². The summed E-state index contributed by atoms with van der Waals surface area (Å²) < 4.78 is 1.53. The van der Waals surface area contributed by atoms with E-state index in [9.17, 15) is 9.59 Å². The molecule has 0 bridgehead atoms. The zero-order chi connectivity index (χ0) is 23.4. The van der Waals surface area contributed by atoms with Crippen molar-refractivity contribution >= 4 is 45.9 Å². The van der Waals surface area contributed by atoms with Crippen LogP contribution >= 0.6 is 23.4 Å². The van der Waals surface area contributed by atoms with Gasteiger partial charge in [0.05, 0.1) is 22.3 Å². The highest BCUT2D eigenvalue weighted by molar-refractivity contribution is 7.99. The largest absolute Gasteiger partial charge is 0.325 e. The smallest absolute Gasteiger partial charge is 0.266 e. The Balaban J connectivity index is 1.57. The highest BCUT2D eigenvalue weighted by Gasteiger charge is 2.15. The van der Waals surface area contributed by atoms with E-state index in [1.165, 1.54) is 21.9 Å². The molecule has 0 aliphatic carbocycles. The number of carbonyl (C=O) groups excluding carboxylic acids is 1. The summed E-state index contributed by atoms with van der Waals surface area (Å²) in [5.74, 6) is 0.432. The van der Waals surface area contributed by atoms with Crippen LogP contribution in [0.15, 0.2) is 82.7 Å². The predicted octanol–water partition coefficient (Wildman–Crippen LogP) is 6.28. The van der Waals surface area contributed by atoms with Crippen LogP contribution in [0.25, 0.3) is 16.6 Å². The molecule has 0 saturated carbocycles. The minimum atomic E-state index is -0.188. The summed E-state index contributed by atoms with van der Waals surface area (Å²) in [6.07, 6.45) is 1.07. The molecule has 7 heteroatoms. The lowest BCUT2D eigenvalue weighted by Crippen LogP contribution is -2.23. The molecule has 4 rings (SSSR count). The molecule has 5 nitrogen and oxygen atoms in total. The molecular weight excluding hydrogens is 454 g/mol. The maximum absolute atomic E-state index is 13.3. The Bertz CT molecular complexity index is 1330. The molecular formula is C26H24ClN3O2S. The van der Waals surface area contributed by atoms with Gasteiger partial charge in [0.25, 0.3) is 5.56 Å². The Hall–Kier alpha value is -3.09. The Morgan fingerprint density at radius 2 is 1.76 bits per heavy atom. The van der Waals surface area contributed by atoms with E-state index in [0.717, 1.165) is 12.1 Å². The summed E-state index contributed by atoms with van der Waals surface area (Å²) in [7, 11) is 0. The average molecular weight is 478 g/mol. The fourth-order valence-electron chi connectivity index (χ4n) is 3.48. The van der Waals surface area contributed by atoms with Gasteiger partial charge in [0, 0.05) is 10.7 Å². The lowest BCUT2D eigenvalue weighted by atomic mass is 9.99. The van der Waals surface area contributed by atoms with Gasteiger partial charge in [-0.1, -0.05) is 61.5 Å². The van der Waals surface area contributed by atoms with Gasteiger partial charge in [0.1, 0.15) is 0 Å². The molecule has 1 atom stereocenters. The third-order valence-corrected chi connectivity index (χ3v) is 6.73. The Morgan fingerprint density at radius 3 is 2.45 bits per heavy atom. The van der Waals surface area contributed by atoms with E-state index in [2.05, 4.69) is 24.1 Å². The van der Waals surface area contributed by atoms with Crippen molar-refractivity contribution in [3.05, 3.63) is 93.7 Å². The number of nitrogens with one attached hydrogen (secondary N) is 1. The molecule has 0 aliphatic rings. The molecule has 1 unspecified atom stereocenters. The third kappa shape index (κ3) is 5.29. The van der Waals surface area contributed by atoms with E-state index in [1.807, 2.05) is 36.4 Å². The van der Waals surface area contributed by atoms with Gasteiger partial charge in [-0.25, -0.2) is 4.98 Å². The Labute approximate surface area is 201 Å². The van der Waals surface area contributed by atoms with Crippen molar-refractivity contribution in [2.45, 2.75) is 31.3 Å². The molecule has 1 amide bonds. The minimum Gasteiger partial charge on any atom is -0.325 e. The SMILES string of the molecule is CCC(C)c1ccc(NC(=O)CSc2nc3ccccc3c(=O)n2-c2ccc(Cl)cc2)cc1. The average Bonchev–Trinajstić information content (AvgIpc) is 2.83. The van der Waals surface area contributed by atoms with Crippen LogP contribution in [0.4, 0.5) is 5.69 Å². The fraction of sp³-hybridized carbons (Fsp3) is 0.192. The van der Waals surface area contributed by atoms with Crippen molar-refractivity contribution < 1.29 is 4.79 Å². The van der Waals surface area contributed by atoms with E-state index in [0.29, 0.717) is 32.7 Å². The number of rotatable bonds is 7. The standard InChI is InChI=1S/C26H24ClN3O2S/c1-3-17(2)18-8-12-20(13-9-18)28-24(31)16-33-26-29-23-7-5-4-6-22(23)25(32)30(26)21-14-10-19(27)11-15-21/h4-15,17H,3,16H2,1-2H3,(H,28,31). The van der Waals surface area contributed by atoms with Crippen molar-refractivity contribution in [2.24, 2.45) is 0 Å². The van der Waals surface area contributed by atoms with Crippen molar-refractivity contribution in [3.63, 3.8) is 0 Å². The van der Waals surface area contributed by atoms with E-state index in [-0.39, 0.29) is 17.2 Å². The molecule has 1 heterocycles. The normalized spacial score (nSPS) is 12.0. The van der Waals surface area contributed by atoms with Gasteiger partial charge in [0.15, 0.2) is 5.16 Å². The highest BCUT2D eigenvalue weighted by atomic mass is 35.5. The number of carbonyl (C=O) groups is 1. The van der Waals surface area contributed by atoms with Crippen molar-refractivity contribution in [1.82, 2.24) is 9.55 Å². The summed E-state index contributed by atoms with van der Waals surface area (Å²) in [5, 5.41) is 4.46. The molecule has 0 aliphatic heterocycles. The number of fused-ring (bicyclic) bond motifs is 1. The van der Waals surface area contributed by atoms with E-state index in [1.54, 1.807) is 36.4 Å². The number of amides is 1. The Kier molecular flexibility index (Phi) is 7.16. The van der Waals surface area contributed by atoms with Gasteiger partial charge in [0.2, 0.25) is 5.91 Å². The van der Waals surface area contributed by atoms with E-state index in [4.69, 9.17) is 11.6 Å². The molecule has 0 saturated heterocycles. The molecule has 33 heavy (non-hydrogen) atoms. The summed E-state index contributed by atoms with van der Waals surface area (Å²) >= 11 is 7.25. The number of nitrogens with zero attached hydrogens (tertiary/aromatic N) is 2. The van der Waals surface area contributed by atoms with Gasteiger partial charge in [-0.05, 0) is 66.4 Å². The maximum atomic E-state index is 13.3. The molecule has 0 spiro atoms. The van der Waals surface area contributed by atoms with Gasteiger partial charge in [-0.2, -0.15) is 0 Å². The van der Waals surface area contributed by atoms with Crippen LogP contribution in [-0.4, -0.2) is 21.2 Å². The summed E-state index contributed by atoms with van der Waals surface area (Å²) in [6.45, 7) is 4.34. The van der Waals surface area contributed by atoms with E-state index < -0.39 is 0 Å². The van der Waals surface area contributed by atoms with Crippen LogP contribution in [0.5, 0.6) is 0 Å². The number of para-hydroxylation sites is 1.